The number of ether oxygens (including phenoxy) is 1. The average Bonchev–Trinajstić information content (AvgIpc) is 2.38. The summed E-state index contributed by atoms with van der Waals surface area (Å²) < 4.78 is 5.45. The van der Waals surface area contributed by atoms with Gasteiger partial charge < -0.3 is 10.1 Å². The third kappa shape index (κ3) is 3.24. The van der Waals surface area contributed by atoms with Crippen LogP contribution in [0.25, 0.3) is 0 Å². The van der Waals surface area contributed by atoms with Crippen molar-refractivity contribution in [1.82, 2.24) is 5.32 Å². The lowest BCUT2D eigenvalue weighted by molar-refractivity contribution is 0.215. The normalized spacial score (nSPS) is 24.7. The minimum Gasteiger partial charge on any atom is -0.501 e. The Bertz CT molecular complexity index is 231. The number of nitrogens with one attached hydrogen (secondary N) is 1. The Morgan fingerprint density at radius 1 is 1.31 bits per heavy atom. The zero-order chi connectivity index (χ0) is 11.2. The maximum Gasteiger partial charge on any atom is 0.0876 e. The minimum atomic E-state index is 0.559. The molecule has 1 atom stereocenters. The molecule has 0 aromatic rings. The highest BCUT2D eigenvalue weighted by atomic mass is 16.5. The minimum absolute atomic E-state index is 0.559. The summed E-state index contributed by atoms with van der Waals surface area (Å²) >= 11 is 0. The van der Waals surface area contributed by atoms with Crippen molar-refractivity contribution >= 4 is 0 Å². The molecule has 0 aromatic heterocycles. The van der Waals surface area contributed by atoms with Crippen molar-refractivity contribution in [2.75, 3.05) is 13.7 Å². The Morgan fingerprint density at radius 2 is 2.12 bits per heavy atom. The van der Waals surface area contributed by atoms with Gasteiger partial charge in [-0.3, -0.25) is 0 Å². The van der Waals surface area contributed by atoms with Crippen molar-refractivity contribution < 1.29 is 4.74 Å². The van der Waals surface area contributed by atoms with Crippen LogP contribution < -0.4 is 5.32 Å². The first-order valence-corrected chi connectivity index (χ1v) is 6.88. The van der Waals surface area contributed by atoms with E-state index < -0.39 is 0 Å². The Balaban J connectivity index is 1.86. The van der Waals surface area contributed by atoms with Gasteiger partial charge in [0.25, 0.3) is 0 Å². The van der Waals surface area contributed by atoms with Crippen LogP contribution in [0.5, 0.6) is 0 Å². The van der Waals surface area contributed by atoms with Crippen LogP contribution >= 0.6 is 0 Å². The van der Waals surface area contributed by atoms with Gasteiger partial charge in [0.05, 0.1) is 12.9 Å². The lowest BCUT2D eigenvalue weighted by Gasteiger charge is -2.29. The molecule has 1 N–H and O–H groups in total. The first-order valence-electron chi connectivity index (χ1n) is 6.88. The molecule has 0 saturated heterocycles. The van der Waals surface area contributed by atoms with E-state index in [4.69, 9.17) is 4.74 Å². The highest BCUT2D eigenvalue weighted by Crippen LogP contribution is 2.30. The van der Waals surface area contributed by atoms with Gasteiger partial charge in [0.2, 0.25) is 0 Å². The Hall–Kier alpha value is -0.500. The highest BCUT2D eigenvalue weighted by Gasteiger charge is 2.21. The smallest absolute Gasteiger partial charge is 0.0876 e. The molecule has 0 bridgehead atoms. The molecular formula is C14H25NO. The molecule has 2 aliphatic rings. The van der Waals surface area contributed by atoms with Gasteiger partial charge in [0.15, 0.2) is 0 Å². The molecular weight excluding hydrogens is 198 g/mol. The maximum atomic E-state index is 5.45. The van der Waals surface area contributed by atoms with E-state index >= 15 is 0 Å². The maximum absolute atomic E-state index is 5.45. The van der Waals surface area contributed by atoms with E-state index in [1.807, 2.05) is 6.26 Å². The zero-order valence-corrected chi connectivity index (χ0v) is 10.5. The van der Waals surface area contributed by atoms with E-state index in [1.54, 1.807) is 0 Å². The van der Waals surface area contributed by atoms with Crippen molar-refractivity contribution in [3.05, 3.63) is 11.8 Å². The molecule has 0 spiro atoms. The molecule has 0 aromatic carbocycles. The van der Waals surface area contributed by atoms with Crippen LogP contribution in [0.3, 0.4) is 0 Å². The largest absolute Gasteiger partial charge is 0.501 e. The highest BCUT2D eigenvalue weighted by molar-refractivity contribution is 5.10. The topological polar surface area (TPSA) is 21.3 Å². The average molecular weight is 223 g/mol. The molecule has 1 fully saturated rings. The van der Waals surface area contributed by atoms with E-state index in [-0.39, 0.29) is 0 Å². The van der Waals surface area contributed by atoms with E-state index in [9.17, 15) is 0 Å². The molecule has 1 unspecified atom stereocenters. The number of rotatable bonds is 4. The predicted molar refractivity (Wildman–Crippen MR) is 67.3 cm³/mol. The standard InChI is InChI=1S/C14H25NO/c1-15-14(13-8-5-9-16-11-13)10-12-6-3-2-4-7-12/h11-12,14-15H,2-10H2,1H3. The van der Waals surface area contributed by atoms with Gasteiger partial charge in [0.1, 0.15) is 0 Å². The Morgan fingerprint density at radius 3 is 2.75 bits per heavy atom. The Labute approximate surface area is 99.4 Å². The lowest BCUT2D eigenvalue weighted by atomic mass is 9.82. The van der Waals surface area contributed by atoms with Crippen molar-refractivity contribution in [2.45, 2.75) is 57.4 Å². The third-order valence-electron chi connectivity index (χ3n) is 4.05. The van der Waals surface area contributed by atoms with Crippen molar-refractivity contribution in [1.29, 1.82) is 0 Å². The molecule has 2 nitrogen and oxygen atoms in total. The molecule has 1 saturated carbocycles. The predicted octanol–water partition coefficient (Wildman–Crippen LogP) is 3.24. The van der Waals surface area contributed by atoms with Crippen LogP contribution in [0.4, 0.5) is 0 Å². The van der Waals surface area contributed by atoms with Crippen LogP contribution in [0.15, 0.2) is 11.8 Å². The van der Waals surface area contributed by atoms with Gasteiger partial charge in [-0.05, 0) is 37.8 Å². The van der Waals surface area contributed by atoms with E-state index in [0.29, 0.717) is 6.04 Å². The molecule has 0 radical (unpaired) electrons. The fraction of sp³-hybridized carbons (Fsp3) is 0.857. The van der Waals surface area contributed by atoms with Gasteiger partial charge >= 0.3 is 0 Å². The van der Waals surface area contributed by atoms with E-state index in [0.717, 1.165) is 12.5 Å². The van der Waals surface area contributed by atoms with Crippen LogP contribution in [0.1, 0.15) is 51.4 Å². The molecule has 0 amide bonds. The summed E-state index contributed by atoms with van der Waals surface area (Å²) in [6.45, 7) is 0.906. The molecule has 1 aliphatic heterocycles. The van der Waals surface area contributed by atoms with Gasteiger partial charge in [-0.1, -0.05) is 32.1 Å². The summed E-state index contributed by atoms with van der Waals surface area (Å²) in [5.74, 6) is 0.939. The van der Waals surface area contributed by atoms with Crippen molar-refractivity contribution in [3.8, 4) is 0 Å². The number of likely N-dealkylation sites (N-methyl/N-ethyl adjacent to an activating group) is 1. The summed E-state index contributed by atoms with van der Waals surface area (Å²) in [6, 6.07) is 0.559. The fourth-order valence-corrected chi connectivity index (χ4v) is 3.05. The molecule has 2 heteroatoms. The van der Waals surface area contributed by atoms with Crippen molar-refractivity contribution in [3.63, 3.8) is 0 Å². The van der Waals surface area contributed by atoms with Crippen LogP contribution in [0.2, 0.25) is 0 Å². The second-order valence-electron chi connectivity index (χ2n) is 5.25. The second kappa shape index (κ2) is 6.29. The quantitative estimate of drug-likeness (QED) is 0.790. The summed E-state index contributed by atoms with van der Waals surface area (Å²) in [4.78, 5) is 0. The number of hydrogen-bond acceptors (Lipinski definition) is 2. The molecule has 1 aliphatic carbocycles. The lowest BCUT2D eigenvalue weighted by Crippen LogP contribution is -2.31. The summed E-state index contributed by atoms with van der Waals surface area (Å²) in [5.41, 5.74) is 1.49. The van der Waals surface area contributed by atoms with Crippen molar-refractivity contribution in [2.24, 2.45) is 5.92 Å². The van der Waals surface area contributed by atoms with Gasteiger partial charge in [0, 0.05) is 6.04 Å². The van der Waals surface area contributed by atoms with Crippen LogP contribution in [0, 0.1) is 5.92 Å². The fourth-order valence-electron chi connectivity index (χ4n) is 3.05. The monoisotopic (exact) mass is 223 g/mol. The van der Waals surface area contributed by atoms with Gasteiger partial charge in [-0.2, -0.15) is 0 Å². The molecule has 1 heterocycles. The van der Waals surface area contributed by atoms with E-state index in [2.05, 4.69) is 12.4 Å². The molecule has 16 heavy (non-hydrogen) atoms. The van der Waals surface area contributed by atoms with Gasteiger partial charge in [-0.15, -0.1) is 0 Å². The second-order valence-corrected chi connectivity index (χ2v) is 5.25. The van der Waals surface area contributed by atoms with E-state index in [1.165, 1.54) is 56.9 Å². The molecule has 2 rings (SSSR count). The summed E-state index contributed by atoms with van der Waals surface area (Å²) in [6.07, 6.45) is 12.9. The van der Waals surface area contributed by atoms with Crippen LogP contribution in [-0.4, -0.2) is 19.7 Å². The van der Waals surface area contributed by atoms with Crippen LogP contribution in [-0.2, 0) is 4.74 Å². The third-order valence-corrected chi connectivity index (χ3v) is 4.05. The summed E-state index contributed by atoms with van der Waals surface area (Å²) in [5, 5.41) is 3.47. The SMILES string of the molecule is CNC(CC1CCCCC1)C1=COCCC1. The first-order chi connectivity index (χ1) is 7.90. The first kappa shape index (κ1) is 12.0. The number of hydrogen-bond donors (Lipinski definition) is 1. The zero-order valence-electron chi connectivity index (χ0n) is 10.5. The molecule has 92 valence electrons. The van der Waals surface area contributed by atoms with Gasteiger partial charge in [-0.25, -0.2) is 0 Å². The Kier molecular flexibility index (Phi) is 4.70. The summed E-state index contributed by atoms with van der Waals surface area (Å²) in [7, 11) is 2.09.